The molecule has 0 aliphatic rings. The lowest BCUT2D eigenvalue weighted by Crippen LogP contribution is -1.44. The monoisotopic (exact) mass is 274 g/mol. The summed E-state index contributed by atoms with van der Waals surface area (Å²) < 4.78 is 2.86. The van der Waals surface area contributed by atoms with E-state index in [0.717, 1.165) is 12.6 Å². The first-order chi connectivity index (χ1) is 3.70. The summed E-state index contributed by atoms with van der Waals surface area (Å²) in [7, 11) is 0. The average Bonchev–Trinajstić information content (AvgIpc) is 1.85. The van der Waals surface area contributed by atoms with Crippen LogP contribution in [0.4, 0.5) is 0 Å². The van der Waals surface area contributed by atoms with Gasteiger partial charge in [-0.1, -0.05) is 11.6 Å². The van der Waals surface area contributed by atoms with E-state index in [2.05, 4.69) is 31.9 Å². The third-order valence-electron chi connectivity index (χ3n) is 0.615. The summed E-state index contributed by atoms with van der Waals surface area (Å²) >= 11 is 13.7. The molecule has 0 amide bonds. The number of rotatable bonds is 0. The predicted molar refractivity (Wildman–Crippen MR) is 44.7 cm³/mol. The molecule has 1 aromatic heterocycles. The third-order valence-corrected chi connectivity index (χ3v) is 4.00. The highest BCUT2D eigenvalue weighted by Gasteiger charge is 1.99. The number of hydrogen-bond acceptors (Lipinski definition) is 1. The van der Waals surface area contributed by atoms with Crippen LogP contribution < -0.4 is 0 Å². The van der Waals surface area contributed by atoms with E-state index in [-0.39, 0.29) is 0 Å². The van der Waals surface area contributed by atoms with Crippen molar-refractivity contribution >= 4 is 54.8 Å². The average molecular weight is 276 g/mol. The molecule has 0 spiro atoms. The highest BCUT2D eigenvalue weighted by Crippen LogP contribution is 2.34. The van der Waals surface area contributed by atoms with Crippen LogP contribution in [0.5, 0.6) is 0 Å². The van der Waals surface area contributed by atoms with Crippen LogP contribution in [0.15, 0.2) is 14.3 Å². The van der Waals surface area contributed by atoms with E-state index >= 15 is 0 Å². The van der Waals surface area contributed by atoms with Crippen molar-refractivity contribution < 1.29 is 0 Å². The van der Waals surface area contributed by atoms with Crippen LogP contribution in [-0.4, -0.2) is 0 Å². The summed E-state index contributed by atoms with van der Waals surface area (Å²) in [5.41, 5.74) is 0. The summed E-state index contributed by atoms with van der Waals surface area (Å²) in [6.45, 7) is 0. The number of hydrogen-bond donors (Lipinski definition) is 0. The number of halogens is 3. The quantitative estimate of drug-likeness (QED) is 0.673. The van der Waals surface area contributed by atoms with Gasteiger partial charge in [0.1, 0.15) is 0 Å². The maximum atomic E-state index is 5.62. The van der Waals surface area contributed by atoms with E-state index in [4.69, 9.17) is 11.6 Å². The molecule has 0 aromatic carbocycles. The van der Waals surface area contributed by atoms with Crippen LogP contribution in [0, 0.1) is 0 Å². The van der Waals surface area contributed by atoms with Gasteiger partial charge in [0.15, 0.2) is 0 Å². The van der Waals surface area contributed by atoms with Crippen LogP contribution in [0.25, 0.3) is 0 Å². The van der Waals surface area contributed by atoms with Gasteiger partial charge in [-0.05, 0) is 37.9 Å². The summed E-state index contributed by atoms with van der Waals surface area (Å²) in [5, 5.41) is 0. The number of thiophene rings is 1. The third kappa shape index (κ3) is 1.47. The molecule has 0 N–H and O–H groups in total. The minimum atomic E-state index is 0.795. The fourth-order valence-electron chi connectivity index (χ4n) is 0.320. The predicted octanol–water partition coefficient (Wildman–Crippen LogP) is 3.93. The summed E-state index contributed by atoms with van der Waals surface area (Å²) in [4.78, 5) is 0. The Labute approximate surface area is 73.1 Å². The Hall–Kier alpha value is 0.950. The van der Waals surface area contributed by atoms with E-state index in [0.29, 0.717) is 0 Å². The summed E-state index contributed by atoms with van der Waals surface area (Å²) in [6.07, 6.45) is 0. The molecule has 8 heavy (non-hydrogen) atoms. The zero-order valence-corrected chi connectivity index (χ0v) is 8.36. The van der Waals surface area contributed by atoms with Crippen molar-refractivity contribution in [1.29, 1.82) is 0 Å². The molecule has 0 atom stereocenters. The van der Waals surface area contributed by atoms with Crippen molar-refractivity contribution in [1.82, 2.24) is 0 Å². The highest BCUT2D eigenvalue weighted by atomic mass is 79.9. The van der Waals surface area contributed by atoms with Crippen LogP contribution in [0.3, 0.4) is 0 Å². The van der Waals surface area contributed by atoms with Gasteiger partial charge in [-0.15, -0.1) is 11.3 Å². The molecule has 0 aliphatic carbocycles. The molecular weight excluding hydrogens is 275 g/mol. The fourth-order valence-corrected chi connectivity index (χ4v) is 2.84. The normalized spacial score (nSPS) is 9.88. The lowest BCUT2D eigenvalue weighted by Gasteiger charge is -1.74. The molecule has 0 saturated carbocycles. The van der Waals surface area contributed by atoms with Gasteiger partial charge < -0.3 is 0 Å². The first-order valence-electron chi connectivity index (χ1n) is 1.80. The minimum absolute atomic E-state index is 0.795. The first kappa shape index (κ1) is 7.06. The molecule has 0 radical (unpaired) electrons. The largest absolute Gasteiger partial charge is 0.115 e. The van der Waals surface area contributed by atoms with Gasteiger partial charge in [0.2, 0.25) is 0 Å². The van der Waals surface area contributed by atoms with Gasteiger partial charge in [0.25, 0.3) is 0 Å². The van der Waals surface area contributed by atoms with Crippen molar-refractivity contribution in [2.24, 2.45) is 0 Å². The van der Waals surface area contributed by atoms with Crippen LogP contribution in [0.1, 0.15) is 0 Å². The Balaban J connectivity index is 3.14. The topological polar surface area (TPSA) is 0 Å². The van der Waals surface area contributed by atoms with Crippen LogP contribution in [0.2, 0.25) is 4.34 Å². The Morgan fingerprint density at radius 2 is 2.12 bits per heavy atom. The molecule has 44 valence electrons. The lowest BCUT2D eigenvalue weighted by molar-refractivity contribution is 1.84. The molecule has 0 bridgehead atoms. The summed E-state index contributed by atoms with van der Waals surface area (Å²) in [6, 6.07) is 1.86. The molecule has 0 saturated heterocycles. The SMILES string of the molecule is Clc1cc(Br)c(Br)s1. The van der Waals surface area contributed by atoms with E-state index in [1.165, 1.54) is 11.3 Å². The molecule has 1 heterocycles. The second-order valence-corrected chi connectivity index (χ2v) is 5.03. The molecule has 4 heteroatoms. The van der Waals surface area contributed by atoms with Gasteiger partial charge in [0, 0.05) is 4.47 Å². The fraction of sp³-hybridized carbons (Fsp3) is 0. The Morgan fingerprint density at radius 1 is 1.50 bits per heavy atom. The molecule has 1 aromatic rings. The Bertz CT molecular complexity index is 176. The van der Waals surface area contributed by atoms with Crippen LogP contribution in [-0.2, 0) is 0 Å². The van der Waals surface area contributed by atoms with E-state index in [1.54, 1.807) is 0 Å². The van der Waals surface area contributed by atoms with Gasteiger partial charge in [-0.3, -0.25) is 0 Å². The maximum Gasteiger partial charge on any atom is 0.0952 e. The Morgan fingerprint density at radius 3 is 2.25 bits per heavy atom. The van der Waals surface area contributed by atoms with E-state index < -0.39 is 0 Å². The molecule has 0 fully saturated rings. The van der Waals surface area contributed by atoms with Crippen molar-refractivity contribution in [3.8, 4) is 0 Å². The van der Waals surface area contributed by atoms with Crippen molar-refractivity contribution in [3.05, 3.63) is 18.7 Å². The first-order valence-corrected chi connectivity index (χ1v) is 4.58. The van der Waals surface area contributed by atoms with Crippen LogP contribution >= 0.6 is 54.8 Å². The summed E-state index contributed by atoms with van der Waals surface area (Å²) in [5.74, 6) is 0. The van der Waals surface area contributed by atoms with Crippen molar-refractivity contribution in [2.75, 3.05) is 0 Å². The van der Waals surface area contributed by atoms with E-state index in [9.17, 15) is 0 Å². The second-order valence-electron chi connectivity index (χ2n) is 1.17. The molecule has 0 nitrogen and oxygen atoms in total. The van der Waals surface area contributed by atoms with Gasteiger partial charge >= 0.3 is 0 Å². The van der Waals surface area contributed by atoms with Gasteiger partial charge in [0.05, 0.1) is 8.12 Å². The molecular formula is C4HBr2ClS. The second kappa shape index (κ2) is 2.69. The molecule has 0 unspecified atom stereocenters. The van der Waals surface area contributed by atoms with Crippen molar-refractivity contribution in [2.45, 2.75) is 0 Å². The van der Waals surface area contributed by atoms with Crippen molar-refractivity contribution in [3.63, 3.8) is 0 Å². The molecule has 0 aliphatic heterocycles. The standard InChI is InChI=1S/C4HBr2ClS/c5-2-1-3(7)8-4(2)6/h1H. The van der Waals surface area contributed by atoms with Gasteiger partial charge in [-0.2, -0.15) is 0 Å². The highest BCUT2D eigenvalue weighted by molar-refractivity contribution is 9.13. The lowest BCUT2D eigenvalue weighted by atomic mass is 10.7. The Kier molecular flexibility index (Phi) is 2.37. The zero-order valence-electron chi connectivity index (χ0n) is 3.62. The smallest absolute Gasteiger partial charge is 0.0952 e. The minimum Gasteiger partial charge on any atom is -0.115 e. The van der Waals surface area contributed by atoms with E-state index in [1.807, 2.05) is 6.07 Å². The molecule has 1 rings (SSSR count). The zero-order chi connectivity index (χ0) is 6.15. The van der Waals surface area contributed by atoms with Gasteiger partial charge in [-0.25, -0.2) is 0 Å². The maximum absolute atomic E-state index is 5.62.